The van der Waals surface area contributed by atoms with Crippen LogP contribution in [0, 0.1) is 0 Å². The molecular weight excluding hydrogens is 188 g/mol. The number of carbonyl (C=O) groups is 2. The summed E-state index contributed by atoms with van der Waals surface area (Å²) in [4.78, 5) is 22.4. The molecule has 1 heterocycles. The molecule has 0 unspecified atom stereocenters. The van der Waals surface area contributed by atoms with Crippen LogP contribution in [0.5, 0.6) is 0 Å². The fraction of sp³-hybridized carbons (Fsp3) is 0.500. The quantitative estimate of drug-likeness (QED) is 0.526. The average Bonchev–Trinajstić information content (AvgIpc) is 2.51. The molecule has 0 aliphatic heterocycles. The van der Waals surface area contributed by atoms with Gasteiger partial charge >= 0.3 is 0 Å². The van der Waals surface area contributed by atoms with Gasteiger partial charge in [-0.15, -0.1) is 10.2 Å². The summed E-state index contributed by atoms with van der Waals surface area (Å²) in [6, 6.07) is 0. The maximum atomic E-state index is 10.9. The number of primary amides is 1. The molecule has 1 rings (SSSR count). The molecule has 0 aliphatic rings. The molecule has 1 aromatic heterocycles. The third-order valence-corrected chi connectivity index (χ3v) is 1.37. The molecule has 8 heteroatoms. The summed E-state index contributed by atoms with van der Waals surface area (Å²) in [7, 11) is 0. The van der Waals surface area contributed by atoms with E-state index in [-0.39, 0.29) is 31.1 Å². The van der Waals surface area contributed by atoms with Crippen LogP contribution in [0.2, 0.25) is 0 Å². The highest BCUT2D eigenvalue weighted by Crippen LogP contribution is 1.87. The van der Waals surface area contributed by atoms with Crippen molar-refractivity contribution < 1.29 is 9.59 Å². The van der Waals surface area contributed by atoms with Gasteiger partial charge in [-0.3, -0.25) is 9.59 Å². The Kier molecular flexibility index (Phi) is 3.24. The molecule has 0 bridgehead atoms. The molecule has 0 aromatic carbocycles. The second kappa shape index (κ2) is 4.42. The second-order valence-corrected chi connectivity index (χ2v) is 2.62. The molecule has 1 aromatic rings. The van der Waals surface area contributed by atoms with Crippen LogP contribution in [-0.4, -0.2) is 38.4 Å². The first-order chi connectivity index (χ1) is 6.61. The van der Waals surface area contributed by atoms with Gasteiger partial charge in [-0.1, -0.05) is 0 Å². The summed E-state index contributed by atoms with van der Waals surface area (Å²) in [6.07, 6.45) is -0.0865. The summed E-state index contributed by atoms with van der Waals surface area (Å²) in [5.41, 5.74) is 10.0. The Balaban J connectivity index is 2.59. The Hall–Kier alpha value is -1.83. The fourth-order valence-electron chi connectivity index (χ4n) is 0.792. The summed E-state index contributed by atoms with van der Waals surface area (Å²) in [5, 5.41) is 10.8. The molecule has 4 N–H and O–H groups in total. The van der Waals surface area contributed by atoms with Crippen molar-refractivity contribution in [2.24, 2.45) is 11.5 Å². The van der Waals surface area contributed by atoms with E-state index in [1.807, 2.05) is 0 Å². The number of ketones is 1. The Morgan fingerprint density at radius 2 is 2.14 bits per heavy atom. The van der Waals surface area contributed by atoms with Gasteiger partial charge in [0.25, 0.3) is 0 Å². The van der Waals surface area contributed by atoms with Crippen LogP contribution in [0.4, 0.5) is 0 Å². The largest absolute Gasteiger partial charge is 0.369 e. The first-order valence-electron chi connectivity index (χ1n) is 3.88. The van der Waals surface area contributed by atoms with E-state index < -0.39 is 5.91 Å². The number of rotatable bonds is 5. The van der Waals surface area contributed by atoms with Gasteiger partial charge in [0.15, 0.2) is 11.6 Å². The topological polar surface area (TPSA) is 130 Å². The van der Waals surface area contributed by atoms with Gasteiger partial charge in [-0.05, 0) is 5.21 Å². The molecule has 0 atom stereocenters. The van der Waals surface area contributed by atoms with E-state index in [2.05, 4.69) is 15.4 Å². The van der Waals surface area contributed by atoms with Crippen molar-refractivity contribution in [2.45, 2.75) is 13.0 Å². The molecule has 14 heavy (non-hydrogen) atoms. The van der Waals surface area contributed by atoms with Gasteiger partial charge in [0.1, 0.15) is 6.54 Å². The van der Waals surface area contributed by atoms with E-state index in [0.717, 1.165) is 4.80 Å². The van der Waals surface area contributed by atoms with Gasteiger partial charge in [0.05, 0.1) is 13.0 Å². The molecule has 1 amide bonds. The van der Waals surface area contributed by atoms with Crippen molar-refractivity contribution in [3.8, 4) is 0 Å². The highest BCUT2D eigenvalue weighted by molar-refractivity contribution is 5.79. The lowest BCUT2D eigenvalue weighted by Crippen LogP contribution is -2.21. The normalized spacial score (nSPS) is 10.1. The zero-order valence-corrected chi connectivity index (χ0v) is 7.38. The van der Waals surface area contributed by atoms with Crippen LogP contribution in [0.1, 0.15) is 5.82 Å². The summed E-state index contributed by atoms with van der Waals surface area (Å²) < 4.78 is 0. The van der Waals surface area contributed by atoms with Gasteiger partial charge in [0, 0.05) is 0 Å². The van der Waals surface area contributed by atoms with Crippen LogP contribution in [0.25, 0.3) is 0 Å². The van der Waals surface area contributed by atoms with E-state index >= 15 is 0 Å². The Morgan fingerprint density at radius 3 is 2.71 bits per heavy atom. The molecule has 0 fully saturated rings. The zero-order valence-electron chi connectivity index (χ0n) is 7.38. The lowest BCUT2D eigenvalue weighted by Gasteiger charge is -1.93. The lowest BCUT2D eigenvalue weighted by atomic mass is 10.4. The first-order valence-corrected chi connectivity index (χ1v) is 3.88. The monoisotopic (exact) mass is 198 g/mol. The maximum Gasteiger partial charge on any atom is 0.225 e. The lowest BCUT2D eigenvalue weighted by molar-refractivity contribution is -0.119. The van der Waals surface area contributed by atoms with Crippen LogP contribution < -0.4 is 11.5 Å². The Labute approximate surface area is 79.2 Å². The average molecular weight is 198 g/mol. The van der Waals surface area contributed by atoms with E-state index in [1.165, 1.54) is 0 Å². The minimum atomic E-state index is -0.547. The predicted octanol–water partition coefficient (Wildman–Crippen LogP) is -2.77. The van der Waals surface area contributed by atoms with Gasteiger partial charge in [-0.25, -0.2) is 0 Å². The van der Waals surface area contributed by atoms with Crippen molar-refractivity contribution in [1.29, 1.82) is 0 Å². The van der Waals surface area contributed by atoms with Crippen molar-refractivity contribution in [3.05, 3.63) is 5.82 Å². The second-order valence-electron chi connectivity index (χ2n) is 2.62. The van der Waals surface area contributed by atoms with Crippen LogP contribution >= 0.6 is 0 Å². The van der Waals surface area contributed by atoms with Crippen LogP contribution in [0.3, 0.4) is 0 Å². The molecule has 0 spiro atoms. The minimum Gasteiger partial charge on any atom is -0.369 e. The number of hydrogen-bond donors (Lipinski definition) is 2. The molecule has 0 saturated heterocycles. The molecule has 0 aliphatic carbocycles. The zero-order chi connectivity index (χ0) is 10.6. The summed E-state index contributed by atoms with van der Waals surface area (Å²) in [5.74, 6) is -0.565. The van der Waals surface area contributed by atoms with Gasteiger partial charge < -0.3 is 11.5 Å². The number of tetrazole rings is 1. The Bertz CT molecular complexity index is 346. The van der Waals surface area contributed by atoms with E-state index in [1.54, 1.807) is 0 Å². The highest BCUT2D eigenvalue weighted by atomic mass is 16.1. The van der Waals surface area contributed by atoms with Crippen molar-refractivity contribution in [2.75, 3.05) is 6.54 Å². The number of nitrogens with two attached hydrogens (primary N) is 2. The van der Waals surface area contributed by atoms with E-state index in [4.69, 9.17) is 11.5 Å². The number of hydrogen-bond acceptors (Lipinski definition) is 6. The van der Waals surface area contributed by atoms with Gasteiger partial charge in [0.2, 0.25) is 5.91 Å². The van der Waals surface area contributed by atoms with Crippen molar-refractivity contribution in [3.63, 3.8) is 0 Å². The molecule has 0 radical (unpaired) electrons. The Morgan fingerprint density at radius 1 is 1.43 bits per heavy atom. The standard InChI is InChI=1S/C6H10N6O2/c7-2-4(13)3-12-10-6(9-11-12)1-5(8)14/h1-3,7H2,(H2,8,14). The molecule has 8 nitrogen and oxygen atoms in total. The smallest absolute Gasteiger partial charge is 0.225 e. The number of nitrogens with zero attached hydrogens (tertiary/aromatic N) is 4. The first kappa shape index (κ1) is 10.3. The molecule has 0 saturated carbocycles. The molecular formula is C6H10N6O2. The minimum absolute atomic E-state index is 0.0394. The van der Waals surface area contributed by atoms with Crippen LogP contribution in [0.15, 0.2) is 0 Å². The highest BCUT2D eigenvalue weighted by Gasteiger charge is 2.07. The number of Topliss-reactive ketones (excluding diaryl/α,β-unsaturated/α-hetero) is 1. The SMILES string of the molecule is NCC(=O)Cn1nnc(CC(N)=O)n1. The van der Waals surface area contributed by atoms with Crippen molar-refractivity contribution >= 4 is 11.7 Å². The maximum absolute atomic E-state index is 10.9. The van der Waals surface area contributed by atoms with Gasteiger partial charge in [-0.2, -0.15) is 4.80 Å². The number of carbonyl (C=O) groups excluding carboxylic acids is 2. The van der Waals surface area contributed by atoms with E-state index in [9.17, 15) is 9.59 Å². The number of amides is 1. The fourth-order valence-corrected chi connectivity index (χ4v) is 0.792. The predicted molar refractivity (Wildman–Crippen MR) is 44.8 cm³/mol. The number of aromatic nitrogens is 4. The van der Waals surface area contributed by atoms with Crippen molar-refractivity contribution in [1.82, 2.24) is 20.2 Å². The van der Waals surface area contributed by atoms with Crippen LogP contribution in [-0.2, 0) is 22.6 Å². The third-order valence-electron chi connectivity index (χ3n) is 1.37. The molecule has 76 valence electrons. The summed E-state index contributed by atoms with van der Waals surface area (Å²) in [6.45, 7) is -0.116. The summed E-state index contributed by atoms with van der Waals surface area (Å²) >= 11 is 0. The third kappa shape index (κ3) is 2.90. The van der Waals surface area contributed by atoms with E-state index in [0.29, 0.717) is 0 Å².